The molecular formula is C15H17F2N3O. The van der Waals surface area contributed by atoms with E-state index < -0.39 is 17.7 Å². The fraction of sp³-hybridized carbons (Fsp3) is 0.333. The lowest BCUT2D eigenvalue weighted by Crippen LogP contribution is -2.16. The largest absolute Gasteiger partial charge is 0.386 e. The maximum Gasteiger partial charge on any atom is 0.132 e. The Hall–Kier alpha value is -2.08. The van der Waals surface area contributed by atoms with Crippen molar-refractivity contribution in [3.8, 4) is 0 Å². The fourth-order valence-corrected chi connectivity index (χ4v) is 2.03. The minimum atomic E-state index is -1.30. The van der Waals surface area contributed by atoms with Crippen LogP contribution in [0.15, 0.2) is 24.3 Å². The van der Waals surface area contributed by atoms with Crippen LogP contribution in [0.4, 0.5) is 14.6 Å². The van der Waals surface area contributed by atoms with Gasteiger partial charge in [-0.2, -0.15) is 0 Å². The topological polar surface area (TPSA) is 58.0 Å². The van der Waals surface area contributed by atoms with Crippen LogP contribution in [0, 0.1) is 18.6 Å². The highest BCUT2D eigenvalue weighted by Gasteiger charge is 2.17. The number of hydrogen-bond donors (Lipinski definition) is 2. The lowest BCUT2D eigenvalue weighted by Gasteiger charge is -2.14. The molecule has 0 fully saturated rings. The van der Waals surface area contributed by atoms with Gasteiger partial charge in [-0.25, -0.2) is 18.7 Å². The van der Waals surface area contributed by atoms with E-state index in [-0.39, 0.29) is 12.1 Å². The summed E-state index contributed by atoms with van der Waals surface area (Å²) >= 11 is 0. The van der Waals surface area contributed by atoms with Crippen LogP contribution in [-0.2, 0) is 6.42 Å². The number of aryl methyl sites for hydroxylation is 2. The lowest BCUT2D eigenvalue weighted by molar-refractivity contribution is 0.181. The van der Waals surface area contributed by atoms with Crippen LogP contribution in [0.3, 0.4) is 0 Å². The number of nitrogens with zero attached hydrogens (tertiary/aromatic N) is 2. The molecule has 1 unspecified atom stereocenters. The molecule has 0 bridgehead atoms. The molecule has 0 saturated carbocycles. The zero-order valence-corrected chi connectivity index (χ0v) is 11.9. The normalized spacial score (nSPS) is 12.2. The highest BCUT2D eigenvalue weighted by molar-refractivity contribution is 5.37. The van der Waals surface area contributed by atoms with E-state index in [1.165, 1.54) is 6.07 Å². The number of aliphatic hydroxyl groups is 1. The van der Waals surface area contributed by atoms with Crippen LogP contribution >= 0.6 is 0 Å². The summed E-state index contributed by atoms with van der Waals surface area (Å²) in [5, 5.41) is 12.8. The van der Waals surface area contributed by atoms with Gasteiger partial charge in [0.1, 0.15) is 29.4 Å². The number of benzene rings is 1. The summed E-state index contributed by atoms with van der Waals surface area (Å²) in [6, 6.07) is 5.24. The summed E-state index contributed by atoms with van der Waals surface area (Å²) in [5.41, 5.74) is 0.517. The Morgan fingerprint density at radius 3 is 2.52 bits per heavy atom. The number of aromatic nitrogens is 2. The SMILES string of the molecule is CCc1cc(NCC(O)c2c(F)cccc2F)nc(C)n1. The van der Waals surface area contributed by atoms with Crippen molar-refractivity contribution < 1.29 is 13.9 Å². The Labute approximate surface area is 121 Å². The van der Waals surface area contributed by atoms with Gasteiger partial charge in [0, 0.05) is 18.3 Å². The number of rotatable bonds is 5. The number of hydrogen-bond acceptors (Lipinski definition) is 4. The minimum absolute atomic E-state index is 0.0442. The molecular weight excluding hydrogens is 276 g/mol. The van der Waals surface area contributed by atoms with Crippen LogP contribution in [0.2, 0.25) is 0 Å². The second kappa shape index (κ2) is 6.58. The Balaban J connectivity index is 2.11. The van der Waals surface area contributed by atoms with Crippen molar-refractivity contribution in [1.29, 1.82) is 0 Å². The molecule has 0 amide bonds. The molecule has 2 N–H and O–H groups in total. The molecule has 0 aliphatic carbocycles. The molecule has 2 aromatic rings. The van der Waals surface area contributed by atoms with E-state index in [2.05, 4.69) is 15.3 Å². The van der Waals surface area contributed by atoms with E-state index in [4.69, 9.17) is 0 Å². The van der Waals surface area contributed by atoms with E-state index in [1.54, 1.807) is 13.0 Å². The number of halogens is 2. The molecule has 1 heterocycles. The Morgan fingerprint density at radius 2 is 1.90 bits per heavy atom. The van der Waals surface area contributed by atoms with Gasteiger partial charge in [0.25, 0.3) is 0 Å². The molecule has 112 valence electrons. The molecule has 6 heteroatoms. The molecule has 0 saturated heterocycles. The van der Waals surface area contributed by atoms with Gasteiger partial charge in [-0.05, 0) is 25.5 Å². The monoisotopic (exact) mass is 293 g/mol. The van der Waals surface area contributed by atoms with Crippen LogP contribution < -0.4 is 5.32 Å². The van der Waals surface area contributed by atoms with E-state index in [1.807, 2.05) is 6.92 Å². The molecule has 0 aliphatic rings. The second-order valence-electron chi connectivity index (χ2n) is 4.68. The molecule has 21 heavy (non-hydrogen) atoms. The van der Waals surface area contributed by atoms with Crippen molar-refractivity contribution in [1.82, 2.24) is 9.97 Å². The molecule has 2 rings (SSSR count). The number of nitrogens with one attached hydrogen (secondary N) is 1. The van der Waals surface area contributed by atoms with Crippen LogP contribution in [-0.4, -0.2) is 21.6 Å². The van der Waals surface area contributed by atoms with Gasteiger partial charge in [-0.3, -0.25) is 0 Å². The quantitative estimate of drug-likeness (QED) is 0.890. The summed E-state index contributed by atoms with van der Waals surface area (Å²) in [4.78, 5) is 8.40. The van der Waals surface area contributed by atoms with Crippen molar-refractivity contribution in [2.24, 2.45) is 0 Å². The fourth-order valence-electron chi connectivity index (χ4n) is 2.03. The third-order valence-electron chi connectivity index (χ3n) is 3.06. The van der Waals surface area contributed by atoms with Gasteiger partial charge < -0.3 is 10.4 Å². The average Bonchev–Trinajstić information content (AvgIpc) is 2.44. The van der Waals surface area contributed by atoms with Crippen molar-refractivity contribution in [2.75, 3.05) is 11.9 Å². The van der Waals surface area contributed by atoms with Crippen LogP contribution in [0.1, 0.15) is 30.1 Å². The van der Waals surface area contributed by atoms with Gasteiger partial charge in [0.2, 0.25) is 0 Å². The first-order chi connectivity index (χ1) is 10.0. The van der Waals surface area contributed by atoms with Crippen molar-refractivity contribution in [3.05, 3.63) is 53.0 Å². The van der Waals surface area contributed by atoms with Crippen molar-refractivity contribution in [2.45, 2.75) is 26.4 Å². The van der Waals surface area contributed by atoms with Crippen LogP contribution in [0.25, 0.3) is 0 Å². The first-order valence-electron chi connectivity index (χ1n) is 6.71. The smallest absolute Gasteiger partial charge is 0.132 e. The Kier molecular flexibility index (Phi) is 4.80. The third kappa shape index (κ3) is 3.72. The summed E-state index contributed by atoms with van der Waals surface area (Å²) in [5.74, 6) is -0.409. The Morgan fingerprint density at radius 1 is 1.24 bits per heavy atom. The summed E-state index contributed by atoms with van der Waals surface area (Å²) < 4.78 is 27.1. The van der Waals surface area contributed by atoms with E-state index in [9.17, 15) is 13.9 Å². The zero-order valence-electron chi connectivity index (χ0n) is 11.9. The maximum atomic E-state index is 13.6. The molecule has 0 radical (unpaired) electrons. The zero-order chi connectivity index (χ0) is 15.4. The summed E-state index contributed by atoms with van der Waals surface area (Å²) in [6.07, 6.45) is -0.547. The van der Waals surface area contributed by atoms with E-state index in [0.717, 1.165) is 24.2 Å². The molecule has 0 spiro atoms. The molecule has 1 aromatic heterocycles. The van der Waals surface area contributed by atoms with Gasteiger partial charge in [-0.15, -0.1) is 0 Å². The average molecular weight is 293 g/mol. The second-order valence-corrected chi connectivity index (χ2v) is 4.68. The predicted octanol–water partition coefficient (Wildman–Crippen LogP) is 2.77. The minimum Gasteiger partial charge on any atom is -0.386 e. The third-order valence-corrected chi connectivity index (χ3v) is 3.06. The highest BCUT2D eigenvalue weighted by atomic mass is 19.1. The molecule has 0 aliphatic heterocycles. The molecule has 4 nitrogen and oxygen atoms in total. The first kappa shape index (κ1) is 15.3. The summed E-state index contributed by atoms with van der Waals surface area (Å²) in [6.45, 7) is 3.68. The van der Waals surface area contributed by atoms with Crippen molar-refractivity contribution in [3.63, 3.8) is 0 Å². The van der Waals surface area contributed by atoms with Gasteiger partial charge in [0.15, 0.2) is 0 Å². The van der Waals surface area contributed by atoms with Gasteiger partial charge in [-0.1, -0.05) is 13.0 Å². The molecule has 1 aromatic carbocycles. The standard InChI is InChI=1S/C15H17F2N3O/c1-3-10-7-14(20-9(2)19-10)18-8-13(21)15-11(16)5-4-6-12(15)17/h4-7,13,21H,3,8H2,1-2H3,(H,18,19,20). The molecule has 1 atom stereocenters. The first-order valence-corrected chi connectivity index (χ1v) is 6.71. The summed E-state index contributed by atoms with van der Waals surface area (Å²) in [7, 11) is 0. The maximum absolute atomic E-state index is 13.6. The Bertz CT molecular complexity index is 614. The van der Waals surface area contributed by atoms with Crippen LogP contribution in [0.5, 0.6) is 0 Å². The predicted molar refractivity (Wildman–Crippen MR) is 76.0 cm³/mol. The van der Waals surface area contributed by atoms with Gasteiger partial charge in [0.05, 0.1) is 5.56 Å². The lowest BCUT2D eigenvalue weighted by atomic mass is 10.1. The number of anilines is 1. The van der Waals surface area contributed by atoms with E-state index >= 15 is 0 Å². The van der Waals surface area contributed by atoms with Crippen molar-refractivity contribution >= 4 is 5.82 Å². The highest BCUT2D eigenvalue weighted by Crippen LogP contribution is 2.21. The number of aliphatic hydroxyl groups excluding tert-OH is 1. The van der Waals surface area contributed by atoms with E-state index in [0.29, 0.717) is 11.6 Å². The van der Waals surface area contributed by atoms with Gasteiger partial charge >= 0.3 is 0 Å².